The number of furan rings is 1. The SMILES string of the molecule is CCOc1ccc(/C(O)=C2/C(=O)C(=O)N(c3ccc(C)c(C)c3)C2c2ccc(C)o2)cc1C(C)(C)C. The van der Waals surface area contributed by atoms with E-state index in [4.69, 9.17) is 9.15 Å². The summed E-state index contributed by atoms with van der Waals surface area (Å²) in [7, 11) is 0. The molecule has 1 atom stereocenters. The highest BCUT2D eigenvalue weighted by molar-refractivity contribution is 6.51. The number of carbonyl (C=O) groups is 2. The summed E-state index contributed by atoms with van der Waals surface area (Å²) in [6.45, 7) is 14.3. The van der Waals surface area contributed by atoms with Crippen molar-refractivity contribution in [1.29, 1.82) is 0 Å². The Kier molecular flexibility index (Phi) is 6.56. The van der Waals surface area contributed by atoms with E-state index in [0.717, 1.165) is 22.4 Å². The summed E-state index contributed by atoms with van der Waals surface area (Å²) in [5.41, 5.74) is 3.69. The smallest absolute Gasteiger partial charge is 0.300 e. The standard InChI is InChI=1S/C30H33NO5/c1-8-35-23-14-11-20(16-22(23)30(5,6)7)27(32)25-26(24-13-10-19(4)36-24)31(29(34)28(25)33)21-12-9-17(2)18(3)15-21/h9-16,26,32H,8H2,1-7H3/b27-25-. The first-order valence-electron chi connectivity index (χ1n) is 12.2. The van der Waals surface area contributed by atoms with E-state index in [1.807, 2.05) is 45.0 Å². The van der Waals surface area contributed by atoms with Crippen LogP contribution in [-0.2, 0) is 15.0 Å². The highest BCUT2D eigenvalue weighted by Gasteiger charge is 2.48. The molecule has 2 heterocycles. The van der Waals surface area contributed by atoms with Crippen LogP contribution in [0, 0.1) is 20.8 Å². The minimum Gasteiger partial charge on any atom is -0.507 e. The maximum atomic E-state index is 13.4. The molecule has 1 unspecified atom stereocenters. The molecule has 0 aliphatic carbocycles. The zero-order chi connectivity index (χ0) is 26.4. The van der Waals surface area contributed by atoms with Gasteiger partial charge in [0.1, 0.15) is 29.1 Å². The molecule has 2 aromatic carbocycles. The van der Waals surface area contributed by atoms with Gasteiger partial charge in [-0.15, -0.1) is 0 Å². The van der Waals surface area contributed by atoms with E-state index in [-0.39, 0.29) is 16.7 Å². The van der Waals surface area contributed by atoms with Crippen LogP contribution in [0.5, 0.6) is 5.75 Å². The molecule has 1 fully saturated rings. The second-order valence-corrected chi connectivity index (χ2v) is 10.3. The van der Waals surface area contributed by atoms with Gasteiger partial charge in [0.05, 0.1) is 12.2 Å². The van der Waals surface area contributed by atoms with Crippen molar-refractivity contribution in [3.8, 4) is 5.75 Å². The van der Waals surface area contributed by atoms with E-state index in [2.05, 4.69) is 20.8 Å². The van der Waals surface area contributed by atoms with Gasteiger partial charge in [-0.2, -0.15) is 0 Å². The minimum absolute atomic E-state index is 0.00315. The van der Waals surface area contributed by atoms with E-state index in [0.29, 0.717) is 29.4 Å². The molecule has 0 spiro atoms. The molecule has 0 saturated carbocycles. The molecule has 1 amide bonds. The minimum atomic E-state index is -0.898. The first kappa shape index (κ1) is 25.3. The van der Waals surface area contributed by atoms with Gasteiger partial charge in [0.25, 0.3) is 11.7 Å². The highest BCUT2D eigenvalue weighted by Crippen LogP contribution is 2.44. The van der Waals surface area contributed by atoms with Gasteiger partial charge in [0.2, 0.25) is 0 Å². The number of amides is 1. The zero-order valence-electron chi connectivity index (χ0n) is 21.9. The largest absolute Gasteiger partial charge is 0.507 e. The monoisotopic (exact) mass is 487 g/mol. The molecule has 36 heavy (non-hydrogen) atoms. The number of aliphatic hydroxyl groups is 1. The number of benzene rings is 2. The van der Waals surface area contributed by atoms with Crippen LogP contribution in [0.15, 0.2) is 58.5 Å². The van der Waals surface area contributed by atoms with Crippen LogP contribution < -0.4 is 9.64 Å². The first-order chi connectivity index (χ1) is 16.9. The lowest BCUT2D eigenvalue weighted by Gasteiger charge is -2.25. The summed E-state index contributed by atoms with van der Waals surface area (Å²) >= 11 is 0. The summed E-state index contributed by atoms with van der Waals surface area (Å²) in [6, 6.07) is 13.6. The van der Waals surface area contributed by atoms with Crippen molar-refractivity contribution in [2.24, 2.45) is 0 Å². The van der Waals surface area contributed by atoms with Crippen LogP contribution in [0.2, 0.25) is 0 Å². The molecule has 6 nitrogen and oxygen atoms in total. The lowest BCUT2D eigenvalue weighted by molar-refractivity contribution is -0.132. The maximum Gasteiger partial charge on any atom is 0.300 e. The molecule has 1 saturated heterocycles. The number of nitrogens with zero attached hydrogens (tertiary/aromatic N) is 1. The third-order valence-electron chi connectivity index (χ3n) is 6.60. The number of hydrogen-bond donors (Lipinski definition) is 1. The Hall–Kier alpha value is -3.80. The maximum absolute atomic E-state index is 13.4. The normalized spacial score (nSPS) is 17.6. The van der Waals surface area contributed by atoms with Gasteiger partial charge in [-0.25, -0.2) is 0 Å². The third kappa shape index (κ3) is 4.43. The number of rotatable bonds is 5. The van der Waals surface area contributed by atoms with Crippen LogP contribution in [0.3, 0.4) is 0 Å². The fourth-order valence-corrected chi connectivity index (χ4v) is 4.54. The number of ketones is 1. The Labute approximate surface area is 212 Å². The number of Topliss-reactive ketones (excluding diaryl/α,β-unsaturated/α-hetero) is 1. The van der Waals surface area contributed by atoms with Crippen LogP contribution in [0.25, 0.3) is 5.76 Å². The van der Waals surface area contributed by atoms with Crippen LogP contribution in [0.4, 0.5) is 5.69 Å². The van der Waals surface area contributed by atoms with Crippen LogP contribution >= 0.6 is 0 Å². The van der Waals surface area contributed by atoms with Gasteiger partial charge >= 0.3 is 0 Å². The van der Waals surface area contributed by atoms with Crippen molar-refractivity contribution in [3.63, 3.8) is 0 Å². The summed E-state index contributed by atoms with van der Waals surface area (Å²) in [6.07, 6.45) is 0. The van der Waals surface area contributed by atoms with Crippen molar-refractivity contribution in [2.75, 3.05) is 11.5 Å². The van der Waals surface area contributed by atoms with Crippen molar-refractivity contribution in [1.82, 2.24) is 0 Å². The van der Waals surface area contributed by atoms with Gasteiger partial charge in [0.15, 0.2) is 0 Å². The van der Waals surface area contributed by atoms with Gasteiger partial charge in [-0.05, 0) is 86.7 Å². The second-order valence-electron chi connectivity index (χ2n) is 10.3. The first-order valence-corrected chi connectivity index (χ1v) is 12.2. The second kappa shape index (κ2) is 9.34. The lowest BCUT2D eigenvalue weighted by Crippen LogP contribution is -2.29. The quantitative estimate of drug-likeness (QED) is 0.251. The van der Waals surface area contributed by atoms with E-state index in [1.54, 1.807) is 31.2 Å². The Morgan fingerprint density at radius 1 is 1.00 bits per heavy atom. The summed E-state index contributed by atoms with van der Waals surface area (Å²) in [5, 5.41) is 11.5. The Bertz CT molecular complexity index is 1370. The van der Waals surface area contributed by atoms with Gasteiger partial charge in [-0.3, -0.25) is 14.5 Å². The molecule has 1 aromatic heterocycles. The Morgan fingerprint density at radius 3 is 2.31 bits per heavy atom. The lowest BCUT2D eigenvalue weighted by atomic mass is 9.84. The molecule has 188 valence electrons. The molecule has 1 aliphatic rings. The van der Waals surface area contributed by atoms with Gasteiger partial charge in [0, 0.05) is 16.8 Å². The molecule has 4 rings (SSSR count). The summed E-state index contributed by atoms with van der Waals surface area (Å²) < 4.78 is 11.7. The van der Waals surface area contributed by atoms with Crippen LogP contribution in [0.1, 0.15) is 67.5 Å². The number of anilines is 1. The van der Waals surface area contributed by atoms with E-state index < -0.39 is 17.7 Å². The van der Waals surface area contributed by atoms with Crippen molar-refractivity contribution < 1.29 is 23.8 Å². The predicted molar refractivity (Wildman–Crippen MR) is 140 cm³/mol. The van der Waals surface area contributed by atoms with E-state index >= 15 is 0 Å². The van der Waals surface area contributed by atoms with Crippen LogP contribution in [-0.4, -0.2) is 23.4 Å². The third-order valence-corrected chi connectivity index (χ3v) is 6.60. The fraction of sp³-hybridized carbons (Fsp3) is 0.333. The van der Waals surface area contributed by atoms with Crippen molar-refractivity contribution >= 4 is 23.1 Å². The molecule has 1 N–H and O–H groups in total. The van der Waals surface area contributed by atoms with E-state index in [1.165, 1.54) is 4.90 Å². The number of ether oxygens (including phenoxy) is 1. The topological polar surface area (TPSA) is 80.0 Å². The number of hydrogen-bond acceptors (Lipinski definition) is 5. The van der Waals surface area contributed by atoms with Crippen molar-refractivity contribution in [2.45, 2.75) is 59.9 Å². The molecule has 3 aromatic rings. The van der Waals surface area contributed by atoms with Gasteiger partial charge < -0.3 is 14.3 Å². The van der Waals surface area contributed by atoms with Gasteiger partial charge in [-0.1, -0.05) is 26.8 Å². The molecular formula is C30H33NO5. The average molecular weight is 488 g/mol. The Balaban J connectivity index is 1.94. The molecule has 1 aliphatic heterocycles. The fourth-order valence-electron chi connectivity index (χ4n) is 4.54. The highest BCUT2D eigenvalue weighted by atomic mass is 16.5. The molecule has 6 heteroatoms. The molecular weight excluding hydrogens is 454 g/mol. The molecule has 0 bridgehead atoms. The number of carbonyl (C=O) groups excluding carboxylic acids is 2. The summed E-state index contributed by atoms with van der Waals surface area (Å²) in [5.74, 6) is 0.0691. The number of aryl methyl sites for hydroxylation is 3. The number of aliphatic hydroxyl groups excluding tert-OH is 1. The van der Waals surface area contributed by atoms with E-state index in [9.17, 15) is 14.7 Å². The zero-order valence-corrected chi connectivity index (χ0v) is 21.9. The Morgan fingerprint density at radius 2 is 1.72 bits per heavy atom. The average Bonchev–Trinajstić information content (AvgIpc) is 3.36. The predicted octanol–water partition coefficient (Wildman–Crippen LogP) is 6.53. The summed E-state index contributed by atoms with van der Waals surface area (Å²) in [4.78, 5) is 28.2. The van der Waals surface area contributed by atoms with Crippen molar-refractivity contribution in [3.05, 3.63) is 87.9 Å². The molecule has 0 radical (unpaired) electrons.